The first kappa shape index (κ1) is 8.40. The van der Waals surface area contributed by atoms with Crippen LogP contribution in [0.4, 0.5) is 5.95 Å². The van der Waals surface area contributed by atoms with E-state index in [4.69, 9.17) is 4.74 Å². The highest BCUT2D eigenvalue weighted by molar-refractivity contribution is 9.11. The van der Waals surface area contributed by atoms with Crippen molar-refractivity contribution in [1.29, 1.82) is 0 Å². The Morgan fingerprint density at radius 3 is 2.75 bits per heavy atom. The summed E-state index contributed by atoms with van der Waals surface area (Å²) in [5.41, 5.74) is 0. The summed E-state index contributed by atoms with van der Waals surface area (Å²) >= 11 is 4.66. The Labute approximate surface area is 82.8 Å². The first-order valence-corrected chi connectivity index (χ1v) is 5.25. The van der Waals surface area contributed by atoms with Crippen LogP contribution in [0.15, 0.2) is 3.92 Å². The molecule has 1 saturated heterocycles. The molecule has 0 radical (unpaired) electrons. The quantitative estimate of drug-likeness (QED) is 0.749. The maximum atomic E-state index is 5.22. The van der Waals surface area contributed by atoms with E-state index in [9.17, 15) is 0 Å². The Balaban J connectivity index is 2.08. The lowest BCUT2D eigenvalue weighted by molar-refractivity contribution is 0.122. The third-order valence-corrected chi connectivity index (χ3v) is 2.79. The van der Waals surface area contributed by atoms with E-state index in [2.05, 4.69) is 30.2 Å². The fourth-order valence-electron chi connectivity index (χ4n) is 1.09. The second kappa shape index (κ2) is 3.68. The maximum Gasteiger partial charge on any atom is 0.238 e. The zero-order chi connectivity index (χ0) is 8.39. The van der Waals surface area contributed by atoms with Crippen LogP contribution in [0.5, 0.6) is 0 Å². The molecule has 6 heteroatoms. The van der Waals surface area contributed by atoms with Crippen LogP contribution in [-0.2, 0) is 4.74 Å². The predicted octanol–water partition coefficient (Wildman–Crippen LogP) is 1.14. The van der Waals surface area contributed by atoms with Crippen molar-refractivity contribution in [2.75, 3.05) is 31.2 Å². The first-order chi connectivity index (χ1) is 5.86. The van der Waals surface area contributed by atoms with Gasteiger partial charge in [0.2, 0.25) is 5.95 Å². The minimum absolute atomic E-state index is 0.775. The molecule has 2 heterocycles. The van der Waals surface area contributed by atoms with E-state index in [1.165, 1.54) is 11.5 Å². The van der Waals surface area contributed by atoms with Crippen molar-refractivity contribution in [2.24, 2.45) is 0 Å². The van der Waals surface area contributed by atoms with Crippen molar-refractivity contribution in [1.82, 2.24) is 9.36 Å². The van der Waals surface area contributed by atoms with E-state index >= 15 is 0 Å². The lowest BCUT2D eigenvalue weighted by atomic mass is 10.4. The zero-order valence-electron chi connectivity index (χ0n) is 6.36. The number of anilines is 1. The Morgan fingerprint density at radius 1 is 1.42 bits per heavy atom. The van der Waals surface area contributed by atoms with Gasteiger partial charge >= 0.3 is 0 Å². The summed E-state index contributed by atoms with van der Waals surface area (Å²) in [4.78, 5) is 6.36. The van der Waals surface area contributed by atoms with E-state index in [1.54, 1.807) is 0 Å². The summed E-state index contributed by atoms with van der Waals surface area (Å²) in [5, 5.41) is 0. The van der Waals surface area contributed by atoms with Gasteiger partial charge in [0.15, 0.2) is 3.92 Å². The summed E-state index contributed by atoms with van der Waals surface area (Å²) in [6.07, 6.45) is 0. The number of ether oxygens (including phenoxy) is 1. The van der Waals surface area contributed by atoms with Crippen LogP contribution in [0.3, 0.4) is 0 Å². The van der Waals surface area contributed by atoms with Gasteiger partial charge in [-0.1, -0.05) is 0 Å². The molecular formula is C6H8BrN3OS. The van der Waals surface area contributed by atoms with Crippen molar-refractivity contribution < 1.29 is 4.74 Å². The highest BCUT2D eigenvalue weighted by Gasteiger charge is 2.14. The summed E-state index contributed by atoms with van der Waals surface area (Å²) in [6, 6.07) is 0. The molecule has 12 heavy (non-hydrogen) atoms. The highest BCUT2D eigenvalue weighted by atomic mass is 79.9. The third-order valence-electron chi connectivity index (χ3n) is 1.68. The van der Waals surface area contributed by atoms with Crippen LogP contribution in [0.1, 0.15) is 0 Å². The Bertz CT molecular complexity index is 261. The average molecular weight is 250 g/mol. The van der Waals surface area contributed by atoms with Crippen molar-refractivity contribution in [2.45, 2.75) is 0 Å². The minimum atomic E-state index is 0.775. The molecule has 0 aromatic carbocycles. The van der Waals surface area contributed by atoms with Gasteiger partial charge in [-0.05, 0) is 27.5 Å². The molecule has 0 spiro atoms. The van der Waals surface area contributed by atoms with Crippen LogP contribution >= 0.6 is 27.5 Å². The molecular weight excluding hydrogens is 242 g/mol. The van der Waals surface area contributed by atoms with Crippen molar-refractivity contribution in [3.8, 4) is 0 Å². The first-order valence-electron chi connectivity index (χ1n) is 3.68. The van der Waals surface area contributed by atoms with Gasteiger partial charge in [-0.15, -0.1) is 0 Å². The van der Waals surface area contributed by atoms with Gasteiger partial charge in [0.25, 0.3) is 0 Å². The van der Waals surface area contributed by atoms with Gasteiger partial charge < -0.3 is 9.64 Å². The molecule has 0 atom stereocenters. The number of aromatic nitrogens is 2. The second-order valence-corrected chi connectivity index (χ2v) is 4.47. The zero-order valence-corrected chi connectivity index (χ0v) is 8.77. The summed E-state index contributed by atoms with van der Waals surface area (Å²) in [5.74, 6) is 0.815. The molecule has 0 aliphatic carbocycles. The van der Waals surface area contributed by atoms with E-state index in [1.807, 2.05) is 0 Å². The number of hydrogen-bond acceptors (Lipinski definition) is 5. The topological polar surface area (TPSA) is 38.2 Å². The van der Waals surface area contributed by atoms with Crippen LogP contribution < -0.4 is 4.90 Å². The smallest absolute Gasteiger partial charge is 0.238 e. The van der Waals surface area contributed by atoms with Crippen LogP contribution in [0.25, 0.3) is 0 Å². The normalized spacial score (nSPS) is 18.2. The molecule has 0 amide bonds. The summed E-state index contributed by atoms with van der Waals surface area (Å²) in [6.45, 7) is 3.33. The van der Waals surface area contributed by atoms with Crippen LogP contribution in [-0.4, -0.2) is 35.7 Å². The molecule has 2 rings (SSSR count). The molecule has 0 bridgehead atoms. The van der Waals surface area contributed by atoms with Gasteiger partial charge in [-0.3, -0.25) is 0 Å². The van der Waals surface area contributed by atoms with Crippen molar-refractivity contribution >= 4 is 33.4 Å². The van der Waals surface area contributed by atoms with Gasteiger partial charge in [-0.2, -0.15) is 9.36 Å². The van der Waals surface area contributed by atoms with Gasteiger partial charge in [0, 0.05) is 13.1 Å². The fourth-order valence-corrected chi connectivity index (χ4v) is 1.90. The lowest BCUT2D eigenvalue weighted by Crippen LogP contribution is -2.36. The van der Waals surface area contributed by atoms with Gasteiger partial charge in [0.1, 0.15) is 0 Å². The molecule has 1 fully saturated rings. The van der Waals surface area contributed by atoms with Crippen LogP contribution in [0, 0.1) is 0 Å². The average Bonchev–Trinajstić information content (AvgIpc) is 2.54. The number of nitrogens with zero attached hydrogens (tertiary/aromatic N) is 3. The second-order valence-electron chi connectivity index (χ2n) is 2.45. The fraction of sp³-hybridized carbons (Fsp3) is 0.667. The van der Waals surface area contributed by atoms with E-state index in [0.29, 0.717) is 0 Å². The number of hydrogen-bond donors (Lipinski definition) is 0. The standard InChI is InChI=1S/C6H8BrN3OS/c7-5-8-6(9-12-5)10-1-3-11-4-2-10/h1-4H2. The Hall–Kier alpha value is -0.200. The van der Waals surface area contributed by atoms with Crippen molar-refractivity contribution in [3.63, 3.8) is 0 Å². The highest BCUT2D eigenvalue weighted by Crippen LogP contribution is 2.18. The predicted molar refractivity (Wildman–Crippen MR) is 50.6 cm³/mol. The molecule has 0 saturated carbocycles. The van der Waals surface area contributed by atoms with E-state index < -0.39 is 0 Å². The lowest BCUT2D eigenvalue weighted by Gasteiger charge is -2.25. The minimum Gasteiger partial charge on any atom is -0.378 e. The number of rotatable bonds is 1. The monoisotopic (exact) mass is 249 g/mol. The molecule has 1 aliphatic rings. The maximum absolute atomic E-state index is 5.22. The molecule has 1 aromatic rings. The molecule has 66 valence electrons. The Kier molecular flexibility index (Phi) is 2.57. The third kappa shape index (κ3) is 1.75. The number of morpholine rings is 1. The molecule has 1 aromatic heterocycles. The summed E-state index contributed by atoms with van der Waals surface area (Å²) in [7, 11) is 0. The molecule has 4 nitrogen and oxygen atoms in total. The summed E-state index contributed by atoms with van der Waals surface area (Å²) < 4.78 is 10.3. The molecule has 0 unspecified atom stereocenters. The number of halogens is 1. The van der Waals surface area contributed by atoms with Gasteiger partial charge in [0.05, 0.1) is 13.2 Å². The molecule has 0 N–H and O–H groups in total. The molecule has 1 aliphatic heterocycles. The van der Waals surface area contributed by atoms with Gasteiger partial charge in [-0.25, -0.2) is 0 Å². The van der Waals surface area contributed by atoms with Crippen molar-refractivity contribution in [3.05, 3.63) is 3.92 Å². The SMILES string of the molecule is Brc1nc(N2CCOCC2)ns1. The largest absolute Gasteiger partial charge is 0.378 e. The Morgan fingerprint density at radius 2 is 2.17 bits per heavy atom. The van der Waals surface area contributed by atoms with Crippen LogP contribution in [0.2, 0.25) is 0 Å². The van der Waals surface area contributed by atoms with E-state index in [-0.39, 0.29) is 0 Å². The van der Waals surface area contributed by atoms with E-state index in [0.717, 1.165) is 36.2 Å².